The molecule has 3 aliphatic rings. The Morgan fingerprint density at radius 3 is 1.92 bits per heavy atom. The Bertz CT molecular complexity index is 748. The lowest BCUT2D eigenvalue weighted by Gasteiger charge is -2.46. The minimum atomic E-state index is -0.704. The topological polar surface area (TPSA) is 43.4 Å². The monoisotopic (exact) mass is 498 g/mol. The van der Waals surface area contributed by atoms with Crippen molar-refractivity contribution in [2.45, 2.75) is 148 Å². The Balaban J connectivity index is 2.00. The van der Waals surface area contributed by atoms with E-state index in [0.29, 0.717) is 18.6 Å². The van der Waals surface area contributed by atoms with Gasteiger partial charge in [-0.05, 0) is 51.9 Å². The Hall–Kier alpha value is -1.38. The first-order chi connectivity index (χ1) is 17.6. The number of esters is 1. The largest absolute Gasteiger partial charge is 0.469 e. The summed E-state index contributed by atoms with van der Waals surface area (Å²) >= 11 is 0. The molecule has 0 aliphatic heterocycles. The van der Waals surface area contributed by atoms with Gasteiger partial charge >= 0.3 is 5.97 Å². The van der Waals surface area contributed by atoms with Crippen molar-refractivity contribution in [3.8, 4) is 0 Å². The minimum Gasteiger partial charge on any atom is -0.469 e. The number of Topliss-reactive ketones (excluding diaryl/α,β-unsaturated/α-hetero) is 1. The maximum Gasteiger partial charge on any atom is 0.312 e. The number of carbonyl (C=O) groups excluding carboxylic acids is 2. The summed E-state index contributed by atoms with van der Waals surface area (Å²) in [4.78, 5) is 27.8. The van der Waals surface area contributed by atoms with Crippen LogP contribution in [0.15, 0.2) is 23.3 Å². The zero-order valence-electron chi connectivity index (χ0n) is 23.6. The van der Waals surface area contributed by atoms with Crippen molar-refractivity contribution in [2.75, 3.05) is 7.11 Å². The van der Waals surface area contributed by atoms with Crippen LogP contribution in [0.3, 0.4) is 0 Å². The van der Waals surface area contributed by atoms with E-state index in [1.165, 1.54) is 102 Å². The Morgan fingerprint density at radius 1 is 0.778 bits per heavy atom. The highest BCUT2D eigenvalue weighted by Gasteiger charge is 2.54. The van der Waals surface area contributed by atoms with E-state index in [1.807, 2.05) is 0 Å². The summed E-state index contributed by atoms with van der Waals surface area (Å²) in [5.41, 5.74) is 2.11. The Labute approximate surface area is 221 Å². The van der Waals surface area contributed by atoms with Gasteiger partial charge in [0.25, 0.3) is 0 Å². The van der Waals surface area contributed by atoms with E-state index in [0.717, 1.165) is 44.9 Å². The van der Waals surface area contributed by atoms with Crippen LogP contribution in [0.1, 0.15) is 148 Å². The molecule has 3 heteroatoms. The van der Waals surface area contributed by atoms with Gasteiger partial charge in [0.15, 0.2) is 0 Å². The van der Waals surface area contributed by atoms with E-state index in [1.54, 1.807) is 0 Å². The number of carbonyl (C=O) groups is 2. The molecule has 0 aromatic carbocycles. The number of rotatable bonds is 1. The summed E-state index contributed by atoms with van der Waals surface area (Å²) in [6.45, 7) is 2.25. The third-order valence-corrected chi connectivity index (χ3v) is 9.38. The summed E-state index contributed by atoms with van der Waals surface area (Å²) in [5.74, 6) is -0.0330. The number of hydrogen-bond acceptors (Lipinski definition) is 3. The summed E-state index contributed by atoms with van der Waals surface area (Å²) in [6.07, 6.45) is 29.9. The molecule has 0 bridgehead atoms. The molecule has 204 valence electrons. The summed E-state index contributed by atoms with van der Waals surface area (Å²) < 4.78 is 5.53. The second-order valence-corrected chi connectivity index (χ2v) is 12.1. The van der Waals surface area contributed by atoms with Gasteiger partial charge in [0, 0.05) is 18.3 Å². The molecule has 0 heterocycles. The summed E-state index contributed by atoms with van der Waals surface area (Å²) in [5, 5.41) is 0. The molecule has 0 saturated heterocycles. The fourth-order valence-corrected chi connectivity index (χ4v) is 7.40. The maximum atomic E-state index is 14.1. The van der Waals surface area contributed by atoms with E-state index in [9.17, 15) is 9.59 Å². The number of ether oxygens (including phenoxy) is 1. The molecule has 0 N–H and O–H groups in total. The number of hydrogen-bond donors (Lipinski definition) is 0. The molecule has 0 spiro atoms. The van der Waals surface area contributed by atoms with Crippen LogP contribution in [0, 0.1) is 17.3 Å². The van der Waals surface area contributed by atoms with E-state index in [-0.39, 0.29) is 17.8 Å². The van der Waals surface area contributed by atoms with Crippen molar-refractivity contribution in [3.63, 3.8) is 0 Å². The predicted molar refractivity (Wildman–Crippen MR) is 150 cm³/mol. The molecule has 0 radical (unpaired) electrons. The first-order valence-electron chi connectivity index (χ1n) is 15.6. The van der Waals surface area contributed by atoms with Crippen molar-refractivity contribution < 1.29 is 14.3 Å². The molecule has 3 aliphatic carbocycles. The van der Waals surface area contributed by atoms with Gasteiger partial charge in [0.05, 0.1) is 12.5 Å². The molecule has 36 heavy (non-hydrogen) atoms. The van der Waals surface area contributed by atoms with Crippen molar-refractivity contribution in [1.82, 2.24) is 0 Å². The second-order valence-electron chi connectivity index (χ2n) is 12.1. The zero-order valence-corrected chi connectivity index (χ0v) is 23.6. The lowest BCUT2D eigenvalue weighted by atomic mass is 9.55. The van der Waals surface area contributed by atoms with Crippen LogP contribution in [-0.4, -0.2) is 18.9 Å². The molecule has 1 fully saturated rings. The predicted octanol–water partition coefficient (Wildman–Crippen LogP) is 9.44. The molecule has 1 saturated carbocycles. The quantitative estimate of drug-likeness (QED) is 0.267. The smallest absolute Gasteiger partial charge is 0.312 e. The highest BCUT2D eigenvalue weighted by atomic mass is 16.5. The summed E-state index contributed by atoms with van der Waals surface area (Å²) in [6, 6.07) is 0. The third-order valence-electron chi connectivity index (χ3n) is 9.38. The van der Waals surface area contributed by atoms with Gasteiger partial charge in [-0.15, -0.1) is 0 Å². The van der Waals surface area contributed by atoms with Gasteiger partial charge in [0.1, 0.15) is 5.78 Å². The maximum absolute atomic E-state index is 14.1. The fraction of sp³-hybridized carbons (Fsp3) is 0.818. The van der Waals surface area contributed by atoms with Crippen LogP contribution in [-0.2, 0) is 14.3 Å². The highest BCUT2D eigenvalue weighted by Crippen LogP contribution is 2.53. The minimum absolute atomic E-state index is 0.0567. The van der Waals surface area contributed by atoms with Gasteiger partial charge in [-0.3, -0.25) is 9.59 Å². The fourth-order valence-electron chi connectivity index (χ4n) is 7.40. The molecular formula is C33H54O3. The van der Waals surface area contributed by atoms with Crippen molar-refractivity contribution >= 4 is 11.8 Å². The van der Waals surface area contributed by atoms with Crippen LogP contribution in [0.2, 0.25) is 0 Å². The molecule has 3 atom stereocenters. The van der Waals surface area contributed by atoms with Crippen molar-refractivity contribution in [1.29, 1.82) is 0 Å². The van der Waals surface area contributed by atoms with Gasteiger partial charge in [0.2, 0.25) is 0 Å². The van der Waals surface area contributed by atoms with Gasteiger partial charge in [-0.2, -0.15) is 0 Å². The molecule has 0 unspecified atom stereocenters. The van der Waals surface area contributed by atoms with Gasteiger partial charge in [-0.25, -0.2) is 0 Å². The SMILES string of the molecule is COC(=O)[C@]12CCCCCCCCCCCC(=O)[C@H]1[C@@H]1/C=C\CCCCCCCCCCC1=C(C)C2. The lowest BCUT2D eigenvalue weighted by Crippen LogP contribution is -2.49. The summed E-state index contributed by atoms with van der Waals surface area (Å²) in [7, 11) is 1.53. The molecule has 3 nitrogen and oxygen atoms in total. The number of ketones is 1. The van der Waals surface area contributed by atoms with Crippen LogP contribution in [0.25, 0.3) is 0 Å². The molecule has 0 aromatic heterocycles. The van der Waals surface area contributed by atoms with Crippen LogP contribution >= 0.6 is 0 Å². The number of methoxy groups -OCH3 is 1. The van der Waals surface area contributed by atoms with Crippen LogP contribution in [0.5, 0.6) is 0 Å². The Kier molecular flexibility index (Phi) is 12.8. The molecule has 3 rings (SSSR count). The lowest BCUT2D eigenvalue weighted by molar-refractivity contribution is -0.162. The Morgan fingerprint density at radius 2 is 1.31 bits per heavy atom. The second kappa shape index (κ2) is 15.8. The number of allylic oxidation sites excluding steroid dienone is 4. The van der Waals surface area contributed by atoms with Crippen molar-refractivity contribution in [2.24, 2.45) is 17.3 Å². The van der Waals surface area contributed by atoms with E-state index >= 15 is 0 Å². The van der Waals surface area contributed by atoms with Crippen molar-refractivity contribution in [3.05, 3.63) is 23.3 Å². The van der Waals surface area contributed by atoms with E-state index in [4.69, 9.17) is 4.74 Å². The molecule has 0 amide bonds. The highest BCUT2D eigenvalue weighted by molar-refractivity contribution is 5.91. The first-order valence-corrected chi connectivity index (χ1v) is 15.6. The van der Waals surface area contributed by atoms with Gasteiger partial charge in [-0.1, -0.05) is 113 Å². The number of fused-ring (bicyclic) bond motifs is 3. The third kappa shape index (κ3) is 8.06. The average Bonchev–Trinajstić information content (AvgIpc) is 2.87. The zero-order chi connectivity index (χ0) is 25.6. The standard InChI is InChI=1S/C33H54O3/c1-27-26-33(32(35)36-2)25-21-17-13-9-5-8-12-16-20-24-30(34)31(33)29-23-19-15-11-7-4-3-6-10-14-18-22-28(27)29/h19,23,29,31H,3-18,20-22,24-26H2,1-2H3/b23-19-/t29-,31-,33+/m1/s1. The van der Waals surface area contributed by atoms with E-state index < -0.39 is 5.41 Å². The van der Waals surface area contributed by atoms with Gasteiger partial charge < -0.3 is 4.74 Å². The molecular weight excluding hydrogens is 444 g/mol. The molecule has 0 aromatic rings. The first kappa shape index (κ1) is 29.2. The van der Waals surface area contributed by atoms with Crippen LogP contribution in [0.4, 0.5) is 0 Å². The average molecular weight is 499 g/mol. The normalized spacial score (nSPS) is 31.8. The van der Waals surface area contributed by atoms with Crippen LogP contribution < -0.4 is 0 Å². The van der Waals surface area contributed by atoms with E-state index in [2.05, 4.69) is 19.1 Å².